The molecule has 1 aliphatic heterocycles. The van der Waals surface area contributed by atoms with Crippen molar-refractivity contribution in [3.05, 3.63) is 11.2 Å². The summed E-state index contributed by atoms with van der Waals surface area (Å²) in [6, 6.07) is 0. The average molecular weight is 229 g/mol. The molecule has 0 aromatic carbocycles. The van der Waals surface area contributed by atoms with E-state index in [1.165, 1.54) is 19.4 Å². The second-order valence-electron chi connectivity index (χ2n) is 4.35. The lowest BCUT2D eigenvalue weighted by molar-refractivity contribution is 0.191. The van der Waals surface area contributed by atoms with Crippen molar-refractivity contribution in [3.63, 3.8) is 0 Å². The molecule has 2 N–H and O–H groups in total. The predicted octanol–water partition coefficient (Wildman–Crippen LogP) is 1.46. The summed E-state index contributed by atoms with van der Waals surface area (Å²) in [5.41, 5.74) is 5.60. The maximum Gasteiger partial charge on any atom is 0.164 e. The second-order valence-corrected chi connectivity index (χ2v) is 4.76. The Morgan fingerprint density at radius 1 is 1.67 bits per heavy atom. The zero-order chi connectivity index (χ0) is 10.8. The van der Waals surface area contributed by atoms with Crippen LogP contribution in [0.3, 0.4) is 0 Å². The predicted molar refractivity (Wildman–Crippen MR) is 61.9 cm³/mol. The maximum atomic E-state index is 5.86. The van der Waals surface area contributed by atoms with Crippen molar-refractivity contribution in [1.82, 2.24) is 14.7 Å². The number of anilines is 1. The van der Waals surface area contributed by atoms with Gasteiger partial charge in [-0.15, -0.1) is 0 Å². The van der Waals surface area contributed by atoms with Crippen LogP contribution in [0, 0.1) is 5.92 Å². The average Bonchev–Trinajstić information content (AvgIpc) is 2.45. The molecule has 0 aliphatic carbocycles. The van der Waals surface area contributed by atoms with E-state index < -0.39 is 0 Å². The molecule has 2 heterocycles. The third kappa shape index (κ3) is 2.63. The minimum absolute atomic E-state index is 0.431. The van der Waals surface area contributed by atoms with Gasteiger partial charge in [-0.05, 0) is 32.4 Å². The zero-order valence-electron chi connectivity index (χ0n) is 8.99. The van der Waals surface area contributed by atoms with Gasteiger partial charge in [0.05, 0.1) is 0 Å². The van der Waals surface area contributed by atoms with E-state index in [0.29, 0.717) is 16.8 Å². The Bertz CT molecular complexity index is 317. The Labute approximate surface area is 95.0 Å². The van der Waals surface area contributed by atoms with E-state index in [0.717, 1.165) is 13.1 Å². The molecule has 1 unspecified atom stereocenters. The first-order valence-electron chi connectivity index (χ1n) is 5.32. The summed E-state index contributed by atoms with van der Waals surface area (Å²) in [5, 5.41) is 4.73. The molecule has 1 fully saturated rings. The highest BCUT2D eigenvalue weighted by Crippen LogP contribution is 2.20. The van der Waals surface area contributed by atoms with Crippen LogP contribution in [0.5, 0.6) is 0 Å². The number of nitrogens with two attached hydrogens (primary N) is 1. The van der Waals surface area contributed by atoms with Gasteiger partial charge in [-0.1, -0.05) is 11.6 Å². The van der Waals surface area contributed by atoms with Crippen molar-refractivity contribution in [2.24, 2.45) is 5.92 Å². The molecule has 1 aromatic rings. The molecule has 1 atom stereocenters. The number of likely N-dealkylation sites (tertiary alicyclic amines) is 1. The molecular formula is C10H17ClN4. The van der Waals surface area contributed by atoms with Crippen LogP contribution in [-0.2, 0) is 6.54 Å². The minimum Gasteiger partial charge on any atom is -0.381 e. The first-order valence-corrected chi connectivity index (χ1v) is 5.70. The van der Waals surface area contributed by atoms with Crippen molar-refractivity contribution < 1.29 is 0 Å². The molecule has 0 amide bonds. The summed E-state index contributed by atoms with van der Waals surface area (Å²) >= 11 is 5.86. The van der Waals surface area contributed by atoms with Gasteiger partial charge in [0.25, 0.3) is 0 Å². The molecule has 4 nitrogen and oxygen atoms in total. The quantitative estimate of drug-likeness (QED) is 0.834. The van der Waals surface area contributed by atoms with Gasteiger partial charge in [0.2, 0.25) is 0 Å². The van der Waals surface area contributed by atoms with Gasteiger partial charge in [0, 0.05) is 19.3 Å². The van der Waals surface area contributed by atoms with Crippen molar-refractivity contribution >= 4 is 17.4 Å². The molecule has 0 radical (unpaired) electrons. The summed E-state index contributed by atoms with van der Waals surface area (Å²) in [5.74, 6) is 1.10. The maximum absolute atomic E-state index is 5.86. The minimum atomic E-state index is 0.431. The van der Waals surface area contributed by atoms with Crippen LogP contribution >= 0.6 is 11.6 Å². The third-order valence-corrected chi connectivity index (χ3v) is 3.20. The van der Waals surface area contributed by atoms with Crippen LogP contribution < -0.4 is 5.73 Å². The summed E-state index contributed by atoms with van der Waals surface area (Å²) in [7, 11) is 2.16. The van der Waals surface area contributed by atoms with E-state index in [4.69, 9.17) is 17.3 Å². The third-order valence-electron chi connectivity index (χ3n) is 2.91. The van der Waals surface area contributed by atoms with E-state index in [9.17, 15) is 0 Å². The summed E-state index contributed by atoms with van der Waals surface area (Å²) in [6.45, 7) is 3.26. The molecule has 84 valence electrons. The number of nitrogen functional groups attached to an aromatic ring is 1. The lowest BCUT2D eigenvalue weighted by atomic mass is 9.99. The highest BCUT2D eigenvalue weighted by molar-refractivity contribution is 6.32. The van der Waals surface area contributed by atoms with Crippen molar-refractivity contribution in [3.8, 4) is 0 Å². The molecule has 1 aliphatic rings. The smallest absolute Gasteiger partial charge is 0.164 e. The Kier molecular flexibility index (Phi) is 3.17. The van der Waals surface area contributed by atoms with Gasteiger partial charge < -0.3 is 10.6 Å². The van der Waals surface area contributed by atoms with Crippen LogP contribution in [0.25, 0.3) is 0 Å². The lowest BCUT2D eigenvalue weighted by Gasteiger charge is -2.29. The highest BCUT2D eigenvalue weighted by atomic mass is 35.5. The van der Waals surface area contributed by atoms with E-state index in [1.54, 1.807) is 0 Å². The topological polar surface area (TPSA) is 47.1 Å². The van der Waals surface area contributed by atoms with E-state index in [1.807, 2.05) is 10.9 Å². The van der Waals surface area contributed by atoms with E-state index in [-0.39, 0.29) is 0 Å². The number of nitrogens with zero attached hydrogens (tertiary/aromatic N) is 3. The van der Waals surface area contributed by atoms with Gasteiger partial charge in [0.15, 0.2) is 5.82 Å². The van der Waals surface area contributed by atoms with Crippen LogP contribution in [-0.4, -0.2) is 34.8 Å². The highest BCUT2D eigenvalue weighted by Gasteiger charge is 2.18. The molecule has 1 aromatic heterocycles. The van der Waals surface area contributed by atoms with Crippen molar-refractivity contribution in [2.75, 3.05) is 25.9 Å². The fourth-order valence-electron chi connectivity index (χ4n) is 2.19. The monoisotopic (exact) mass is 228 g/mol. The molecule has 0 saturated carbocycles. The first kappa shape index (κ1) is 10.8. The second kappa shape index (κ2) is 4.41. The van der Waals surface area contributed by atoms with Gasteiger partial charge in [0.1, 0.15) is 5.02 Å². The number of rotatable bonds is 2. The van der Waals surface area contributed by atoms with E-state index in [2.05, 4.69) is 17.0 Å². The van der Waals surface area contributed by atoms with Crippen LogP contribution in [0.1, 0.15) is 12.8 Å². The summed E-state index contributed by atoms with van der Waals surface area (Å²) in [4.78, 5) is 2.36. The Morgan fingerprint density at radius 2 is 2.47 bits per heavy atom. The number of hydrogen-bond acceptors (Lipinski definition) is 3. The molecular weight excluding hydrogens is 212 g/mol. The molecule has 0 bridgehead atoms. The van der Waals surface area contributed by atoms with Crippen LogP contribution in [0.15, 0.2) is 6.20 Å². The standard InChI is InChI=1S/C10H17ClN4/c1-14-4-2-3-8(5-14)6-15-7-9(11)10(12)13-15/h7-8H,2-6H2,1H3,(H2,12,13). The lowest BCUT2D eigenvalue weighted by Crippen LogP contribution is -2.34. The molecule has 1 saturated heterocycles. The zero-order valence-corrected chi connectivity index (χ0v) is 9.74. The van der Waals surface area contributed by atoms with E-state index >= 15 is 0 Å². The fraction of sp³-hybridized carbons (Fsp3) is 0.700. The van der Waals surface area contributed by atoms with Gasteiger partial charge in [-0.2, -0.15) is 5.10 Å². The van der Waals surface area contributed by atoms with Gasteiger partial charge in [-0.3, -0.25) is 4.68 Å². The summed E-state index contributed by atoms with van der Waals surface area (Å²) in [6.07, 6.45) is 4.35. The largest absolute Gasteiger partial charge is 0.381 e. The van der Waals surface area contributed by atoms with Gasteiger partial charge in [-0.25, -0.2) is 0 Å². The summed E-state index contributed by atoms with van der Waals surface area (Å²) < 4.78 is 1.86. The Morgan fingerprint density at radius 3 is 3.07 bits per heavy atom. The van der Waals surface area contributed by atoms with Crippen LogP contribution in [0.2, 0.25) is 5.02 Å². The molecule has 15 heavy (non-hydrogen) atoms. The normalized spacial score (nSPS) is 23.2. The first-order chi connectivity index (χ1) is 7.15. The van der Waals surface area contributed by atoms with Crippen LogP contribution in [0.4, 0.5) is 5.82 Å². The number of hydrogen-bond donors (Lipinski definition) is 1. The molecule has 0 spiro atoms. The number of piperidine rings is 1. The molecule has 5 heteroatoms. The Balaban J connectivity index is 1.96. The molecule has 2 rings (SSSR count). The SMILES string of the molecule is CN1CCCC(Cn2cc(Cl)c(N)n2)C1. The fourth-order valence-corrected chi connectivity index (χ4v) is 2.34. The van der Waals surface area contributed by atoms with Gasteiger partial charge >= 0.3 is 0 Å². The van der Waals surface area contributed by atoms with Crippen molar-refractivity contribution in [2.45, 2.75) is 19.4 Å². The number of halogens is 1. The number of aromatic nitrogens is 2. The Hall–Kier alpha value is -0.740. The van der Waals surface area contributed by atoms with Crippen molar-refractivity contribution in [1.29, 1.82) is 0 Å².